The van der Waals surface area contributed by atoms with Crippen LogP contribution in [-0.4, -0.2) is 72.6 Å². The SMILES string of the molecule is CCOC(=O)N(CCOC)CC1CCCN(c2nc(-c3c(O)cccc3F)nc3cc(C)ccc23)C1. The molecule has 2 heterocycles. The van der Waals surface area contributed by atoms with Crippen LogP contribution in [-0.2, 0) is 9.47 Å². The molecule has 192 valence electrons. The first-order valence-corrected chi connectivity index (χ1v) is 12.3. The lowest BCUT2D eigenvalue weighted by atomic mass is 9.97. The number of amides is 1. The average molecular weight is 497 g/mol. The topological polar surface area (TPSA) is 88.0 Å². The highest BCUT2D eigenvalue weighted by molar-refractivity contribution is 5.92. The van der Waals surface area contributed by atoms with Gasteiger partial charge in [0.15, 0.2) is 5.82 Å². The van der Waals surface area contributed by atoms with Gasteiger partial charge in [0.05, 0.1) is 24.3 Å². The van der Waals surface area contributed by atoms with E-state index in [0.717, 1.165) is 30.3 Å². The number of halogens is 1. The minimum absolute atomic E-state index is 0.0104. The molecule has 8 nitrogen and oxygen atoms in total. The zero-order valence-electron chi connectivity index (χ0n) is 21.0. The Hall–Kier alpha value is -3.46. The Morgan fingerprint density at radius 1 is 1.28 bits per heavy atom. The summed E-state index contributed by atoms with van der Waals surface area (Å²) in [5.41, 5.74) is 1.70. The Kier molecular flexibility index (Phi) is 8.20. The fourth-order valence-corrected chi connectivity index (χ4v) is 4.70. The number of aryl methyl sites for hydroxylation is 1. The van der Waals surface area contributed by atoms with E-state index < -0.39 is 5.82 Å². The molecule has 1 saturated heterocycles. The average Bonchev–Trinajstić information content (AvgIpc) is 2.86. The van der Waals surface area contributed by atoms with Crippen LogP contribution in [0.5, 0.6) is 5.75 Å². The third kappa shape index (κ3) is 5.67. The molecule has 1 aliphatic heterocycles. The number of fused-ring (bicyclic) bond motifs is 1. The van der Waals surface area contributed by atoms with Crippen molar-refractivity contribution in [3.05, 3.63) is 47.8 Å². The van der Waals surface area contributed by atoms with Gasteiger partial charge < -0.3 is 24.4 Å². The molecule has 36 heavy (non-hydrogen) atoms. The van der Waals surface area contributed by atoms with Crippen molar-refractivity contribution in [3.63, 3.8) is 0 Å². The van der Waals surface area contributed by atoms with Crippen LogP contribution in [0.15, 0.2) is 36.4 Å². The molecule has 1 amide bonds. The number of ether oxygens (including phenoxy) is 2. The van der Waals surface area contributed by atoms with Crippen molar-refractivity contribution >= 4 is 22.8 Å². The number of aromatic hydroxyl groups is 1. The summed E-state index contributed by atoms with van der Waals surface area (Å²) in [4.78, 5) is 25.7. The number of carbonyl (C=O) groups excluding carboxylic acids is 1. The molecule has 1 aromatic heterocycles. The van der Waals surface area contributed by atoms with E-state index in [-0.39, 0.29) is 29.1 Å². The highest BCUT2D eigenvalue weighted by atomic mass is 19.1. The smallest absolute Gasteiger partial charge is 0.409 e. The summed E-state index contributed by atoms with van der Waals surface area (Å²) in [7, 11) is 1.61. The largest absolute Gasteiger partial charge is 0.507 e. The second kappa shape index (κ2) is 11.5. The zero-order valence-corrected chi connectivity index (χ0v) is 21.0. The highest BCUT2D eigenvalue weighted by Crippen LogP contribution is 2.35. The van der Waals surface area contributed by atoms with E-state index in [1.165, 1.54) is 18.2 Å². The molecule has 1 N–H and O–H groups in total. The fraction of sp³-hybridized carbons (Fsp3) is 0.444. The number of aromatic nitrogens is 2. The van der Waals surface area contributed by atoms with Crippen LogP contribution in [0.4, 0.5) is 15.0 Å². The molecule has 4 rings (SSSR count). The van der Waals surface area contributed by atoms with Crippen molar-refractivity contribution in [3.8, 4) is 17.1 Å². The maximum Gasteiger partial charge on any atom is 0.409 e. The molecule has 0 aliphatic carbocycles. The van der Waals surface area contributed by atoms with E-state index in [2.05, 4.69) is 9.88 Å². The quantitative estimate of drug-likeness (QED) is 0.481. The third-order valence-corrected chi connectivity index (χ3v) is 6.44. The number of phenolic OH excluding ortho intramolecular Hbond substituents is 1. The predicted octanol–water partition coefficient (Wildman–Crippen LogP) is 4.77. The number of hydrogen-bond donors (Lipinski definition) is 1. The summed E-state index contributed by atoms with van der Waals surface area (Å²) in [5, 5.41) is 11.3. The minimum atomic E-state index is -0.576. The lowest BCUT2D eigenvalue weighted by molar-refractivity contribution is 0.0830. The molecular weight excluding hydrogens is 463 g/mol. The number of hydrogen-bond acceptors (Lipinski definition) is 7. The third-order valence-electron chi connectivity index (χ3n) is 6.44. The van der Waals surface area contributed by atoms with E-state index >= 15 is 0 Å². The standard InChI is InChI=1S/C27H33FN4O4/c1-4-36-27(34)32(13-14-35-3)17-19-7-6-12-31(16-19)26-20-11-10-18(2)15-22(20)29-25(30-26)24-21(28)8-5-9-23(24)33/h5,8-11,15,19,33H,4,6-7,12-14,16-17H2,1-3H3. The fourth-order valence-electron chi connectivity index (χ4n) is 4.70. The predicted molar refractivity (Wildman–Crippen MR) is 137 cm³/mol. The van der Waals surface area contributed by atoms with Crippen molar-refractivity contribution in [2.75, 3.05) is 51.4 Å². The summed E-state index contributed by atoms with van der Waals surface area (Å²) in [5.74, 6) is 0.261. The maximum atomic E-state index is 14.7. The Balaban J connectivity index is 1.68. The highest BCUT2D eigenvalue weighted by Gasteiger charge is 2.27. The molecule has 1 unspecified atom stereocenters. The van der Waals surface area contributed by atoms with Crippen molar-refractivity contribution in [1.82, 2.24) is 14.9 Å². The Morgan fingerprint density at radius 2 is 2.11 bits per heavy atom. The van der Waals surface area contributed by atoms with E-state index in [1.54, 1.807) is 18.9 Å². The van der Waals surface area contributed by atoms with E-state index in [9.17, 15) is 14.3 Å². The molecule has 0 spiro atoms. The van der Waals surface area contributed by atoms with Crippen LogP contribution in [0.2, 0.25) is 0 Å². The molecule has 0 saturated carbocycles. The summed E-state index contributed by atoms with van der Waals surface area (Å²) in [6.07, 6.45) is 1.54. The normalized spacial score (nSPS) is 15.8. The van der Waals surface area contributed by atoms with Gasteiger partial charge >= 0.3 is 6.09 Å². The summed E-state index contributed by atoms with van der Waals surface area (Å²) in [6, 6.07) is 10.1. The van der Waals surface area contributed by atoms with Crippen molar-refractivity contribution in [1.29, 1.82) is 0 Å². The van der Waals surface area contributed by atoms with Crippen LogP contribution in [0.3, 0.4) is 0 Å². The van der Waals surface area contributed by atoms with Crippen molar-refractivity contribution in [2.24, 2.45) is 5.92 Å². The molecule has 2 aromatic carbocycles. The monoisotopic (exact) mass is 496 g/mol. The van der Waals surface area contributed by atoms with Gasteiger partial charge in [-0.2, -0.15) is 0 Å². The number of methoxy groups -OCH3 is 1. The first kappa shape index (κ1) is 25.6. The van der Waals surface area contributed by atoms with Crippen molar-refractivity contribution < 1.29 is 23.8 Å². The number of benzene rings is 2. The molecule has 1 aliphatic rings. The first-order chi connectivity index (χ1) is 17.4. The number of anilines is 1. The summed E-state index contributed by atoms with van der Waals surface area (Å²) >= 11 is 0. The van der Waals surface area contributed by atoms with E-state index in [4.69, 9.17) is 14.5 Å². The van der Waals surface area contributed by atoms with Gasteiger partial charge in [-0.1, -0.05) is 12.1 Å². The molecule has 3 aromatic rings. The number of carbonyl (C=O) groups is 1. The number of nitrogens with zero attached hydrogens (tertiary/aromatic N) is 4. The van der Waals surface area contributed by atoms with Gasteiger partial charge in [0, 0.05) is 38.7 Å². The van der Waals surface area contributed by atoms with E-state index in [0.29, 0.717) is 44.2 Å². The summed E-state index contributed by atoms with van der Waals surface area (Å²) in [6.45, 7) is 6.96. The van der Waals surface area contributed by atoms with Crippen LogP contribution in [0.1, 0.15) is 25.3 Å². The molecule has 1 fully saturated rings. The molecular formula is C27H33FN4O4. The van der Waals surface area contributed by atoms with Gasteiger partial charge in [0.2, 0.25) is 0 Å². The van der Waals surface area contributed by atoms with E-state index in [1.807, 2.05) is 25.1 Å². The summed E-state index contributed by atoms with van der Waals surface area (Å²) < 4.78 is 25.2. The molecule has 0 radical (unpaired) electrons. The maximum absolute atomic E-state index is 14.7. The lowest BCUT2D eigenvalue weighted by Crippen LogP contribution is -2.44. The molecule has 1 atom stereocenters. The Labute approximate surface area is 210 Å². The van der Waals surface area contributed by atoms with Crippen molar-refractivity contribution in [2.45, 2.75) is 26.7 Å². The Morgan fingerprint density at radius 3 is 2.86 bits per heavy atom. The van der Waals surface area contributed by atoms with Gasteiger partial charge in [-0.3, -0.25) is 0 Å². The van der Waals surface area contributed by atoms with Gasteiger partial charge in [-0.15, -0.1) is 0 Å². The van der Waals surface area contributed by atoms with Gasteiger partial charge in [-0.05, 0) is 62.4 Å². The molecule has 9 heteroatoms. The van der Waals surface area contributed by atoms with Crippen LogP contribution in [0.25, 0.3) is 22.3 Å². The first-order valence-electron chi connectivity index (χ1n) is 12.3. The lowest BCUT2D eigenvalue weighted by Gasteiger charge is -2.36. The van der Waals surface area contributed by atoms with Gasteiger partial charge in [0.25, 0.3) is 0 Å². The molecule has 0 bridgehead atoms. The van der Waals surface area contributed by atoms with Gasteiger partial charge in [0.1, 0.15) is 17.4 Å². The van der Waals surface area contributed by atoms with Crippen LogP contribution in [0, 0.1) is 18.7 Å². The van der Waals surface area contributed by atoms with Gasteiger partial charge in [-0.25, -0.2) is 19.2 Å². The number of phenols is 1. The Bertz CT molecular complexity index is 1200. The van der Waals surface area contributed by atoms with Crippen LogP contribution >= 0.6 is 0 Å². The van der Waals surface area contributed by atoms with Crippen LogP contribution < -0.4 is 4.90 Å². The second-order valence-corrected chi connectivity index (χ2v) is 9.12. The second-order valence-electron chi connectivity index (χ2n) is 9.12. The number of piperidine rings is 1. The number of rotatable bonds is 8. The zero-order chi connectivity index (χ0) is 25.7. The minimum Gasteiger partial charge on any atom is -0.507 e.